The van der Waals surface area contributed by atoms with Gasteiger partial charge >= 0.3 is 5.97 Å². The Morgan fingerprint density at radius 3 is 2.31 bits per heavy atom. The zero-order valence-electron chi connectivity index (χ0n) is 23.7. The van der Waals surface area contributed by atoms with Gasteiger partial charge in [0.2, 0.25) is 11.6 Å². The van der Waals surface area contributed by atoms with Gasteiger partial charge in [-0.1, -0.05) is 24.3 Å². The molecular weight excluding hydrogens is 542 g/mol. The van der Waals surface area contributed by atoms with Gasteiger partial charge in [-0.3, -0.25) is 0 Å². The van der Waals surface area contributed by atoms with Crippen molar-refractivity contribution < 1.29 is 37.7 Å². The second kappa shape index (κ2) is 12.5. The summed E-state index contributed by atoms with van der Waals surface area (Å²) in [5.74, 6) is 2.27. The van der Waals surface area contributed by atoms with Crippen LogP contribution in [0.25, 0.3) is 22.6 Å². The van der Waals surface area contributed by atoms with Crippen molar-refractivity contribution in [2.75, 3.05) is 33.3 Å². The van der Waals surface area contributed by atoms with E-state index in [2.05, 4.69) is 15.3 Å². The van der Waals surface area contributed by atoms with Gasteiger partial charge < -0.3 is 38.2 Å². The minimum atomic E-state index is -1.01. The van der Waals surface area contributed by atoms with Crippen LogP contribution in [-0.4, -0.2) is 55.0 Å². The molecule has 1 atom stereocenters. The molecule has 0 amide bonds. The molecule has 0 fully saturated rings. The number of nitrogens with one attached hydrogen (secondary N) is 1. The topological polar surface area (TPSA) is 138 Å². The van der Waals surface area contributed by atoms with Crippen LogP contribution in [0.5, 0.6) is 23.0 Å². The number of oxazole rings is 2. The summed E-state index contributed by atoms with van der Waals surface area (Å²) in [6, 6.07) is 17.4. The van der Waals surface area contributed by atoms with Crippen molar-refractivity contribution in [2.24, 2.45) is 0 Å². The molecule has 0 spiro atoms. The smallest absolute Gasteiger partial charge is 0.326 e. The molecule has 5 aromatic rings. The molecule has 0 saturated heterocycles. The average Bonchev–Trinajstić information content (AvgIpc) is 3.59. The van der Waals surface area contributed by atoms with E-state index in [1.54, 1.807) is 45.6 Å². The maximum absolute atomic E-state index is 11.9. The average molecular weight is 574 g/mol. The molecule has 0 radical (unpaired) electrons. The third-order valence-electron chi connectivity index (χ3n) is 6.66. The van der Waals surface area contributed by atoms with Crippen LogP contribution in [0.15, 0.2) is 69.5 Å². The van der Waals surface area contributed by atoms with Crippen LogP contribution in [0.2, 0.25) is 0 Å². The van der Waals surface area contributed by atoms with Gasteiger partial charge in [0.15, 0.2) is 17.1 Å². The van der Waals surface area contributed by atoms with Crippen molar-refractivity contribution in [2.45, 2.75) is 25.8 Å². The first kappa shape index (κ1) is 28.3. The van der Waals surface area contributed by atoms with Crippen molar-refractivity contribution >= 4 is 23.1 Å². The molecule has 5 rings (SSSR count). The summed E-state index contributed by atoms with van der Waals surface area (Å²) < 4.78 is 33.7. The molecular formula is C31H31N3O8. The molecule has 11 heteroatoms. The van der Waals surface area contributed by atoms with E-state index in [0.717, 1.165) is 11.3 Å². The van der Waals surface area contributed by atoms with E-state index in [1.165, 1.54) is 0 Å². The molecule has 3 aromatic carbocycles. The molecule has 2 aromatic heterocycles. The van der Waals surface area contributed by atoms with Crippen LogP contribution in [0, 0.1) is 6.92 Å². The zero-order valence-corrected chi connectivity index (χ0v) is 23.7. The number of carbonyl (C=O) groups is 1. The zero-order chi connectivity index (χ0) is 29.6. The lowest BCUT2D eigenvalue weighted by Gasteiger charge is -2.13. The highest BCUT2D eigenvalue weighted by Gasteiger charge is 2.21. The van der Waals surface area contributed by atoms with Crippen molar-refractivity contribution in [3.05, 3.63) is 77.7 Å². The van der Waals surface area contributed by atoms with Gasteiger partial charge in [0, 0.05) is 18.4 Å². The third-order valence-corrected chi connectivity index (χ3v) is 6.66. The van der Waals surface area contributed by atoms with E-state index in [4.69, 9.17) is 27.8 Å². The number of carboxylic acid groups (broad SMARTS) is 1. The largest absolute Gasteiger partial charge is 0.493 e. The number of benzene rings is 3. The van der Waals surface area contributed by atoms with Crippen LogP contribution in [-0.2, 0) is 17.6 Å². The SMILES string of the molecule is COc1cc(-c2nc(CCOc3ccc(C[C@H](Nc4nc5ccccc5o4)C(=O)O)cc3)c(C)o2)cc(OC)c1OC. The fraction of sp³-hybridized carbons (Fsp3) is 0.258. The number of anilines is 1. The minimum absolute atomic E-state index is 0.167. The standard InChI is InChI=1S/C31H31N3O8/c1-18-22(32-29(41-18)20-16-26(37-2)28(39-4)27(17-20)38-3)13-14-40-21-11-9-19(10-12-21)15-24(30(35)36)34-31-33-23-7-5-6-8-25(23)42-31/h5-12,16-17,24H,13-15H2,1-4H3,(H,33,34)(H,35,36)/t24-/m0/s1. The third kappa shape index (κ3) is 6.25. The number of aromatic nitrogens is 2. The Kier molecular flexibility index (Phi) is 8.47. The highest BCUT2D eigenvalue weighted by atomic mass is 16.5. The van der Waals surface area contributed by atoms with E-state index in [-0.39, 0.29) is 12.4 Å². The Bertz CT molecular complexity index is 1620. The summed E-state index contributed by atoms with van der Waals surface area (Å²) in [6.07, 6.45) is 0.757. The second-order valence-electron chi connectivity index (χ2n) is 9.40. The van der Waals surface area contributed by atoms with Crippen LogP contribution >= 0.6 is 0 Å². The summed E-state index contributed by atoms with van der Waals surface area (Å²) >= 11 is 0. The molecule has 2 heterocycles. The van der Waals surface area contributed by atoms with E-state index in [0.29, 0.717) is 64.3 Å². The molecule has 0 unspecified atom stereocenters. The number of para-hydroxylation sites is 2. The van der Waals surface area contributed by atoms with E-state index in [9.17, 15) is 9.90 Å². The quantitative estimate of drug-likeness (QED) is 0.183. The first-order chi connectivity index (χ1) is 20.4. The first-order valence-corrected chi connectivity index (χ1v) is 13.2. The Balaban J connectivity index is 1.18. The Labute approximate surface area is 242 Å². The van der Waals surface area contributed by atoms with Crippen molar-refractivity contribution in [1.29, 1.82) is 0 Å². The number of carboxylic acids is 1. The predicted molar refractivity (Wildman–Crippen MR) is 155 cm³/mol. The van der Waals surface area contributed by atoms with Crippen LogP contribution in [0.4, 0.5) is 6.01 Å². The molecule has 218 valence electrons. The van der Waals surface area contributed by atoms with E-state index in [1.807, 2.05) is 43.3 Å². The lowest BCUT2D eigenvalue weighted by Crippen LogP contribution is -2.31. The predicted octanol–water partition coefficient (Wildman–Crippen LogP) is 5.55. The van der Waals surface area contributed by atoms with Crippen LogP contribution in [0.3, 0.4) is 0 Å². The van der Waals surface area contributed by atoms with Crippen molar-refractivity contribution in [3.8, 4) is 34.5 Å². The molecule has 0 aliphatic rings. The highest BCUT2D eigenvalue weighted by Crippen LogP contribution is 2.41. The maximum atomic E-state index is 11.9. The van der Waals surface area contributed by atoms with Gasteiger partial charge in [-0.2, -0.15) is 4.98 Å². The highest BCUT2D eigenvalue weighted by molar-refractivity contribution is 5.79. The normalized spacial score (nSPS) is 11.7. The number of methoxy groups -OCH3 is 3. The van der Waals surface area contributed by atoms with Gasteiger partial charge in [-0.05, 0) is 48.9 Å². The lowest BCUT2D eigenvalue weighted by molar-refractivity contribution is -0.137. The fourth-order valence-electron chi connectivity index (χ4n) is 4.49. The second-order valence-corrected chi connectivity index (χ2v) is 9.40. The van der Waals surface area contributed by atoms with Gasteiger partial charge in [-0.15, -0.1) is 0 Å². The van der Waals surface area contributed by atoms with Gasteiger partial charge in [0.1, 0.15) is 23.1 Å². The number of hydrogen-bond acceptors (Lipinski definition) is 10. The maximum Gasteiger partial charge on any atom is 0.326 e. The summed E-state index contributed by atoms with van der Waals surface area (Å²) in [5, 5.41) is 12.6. The Morgan fingerprint density at radius 1 is 0.952 bits per heavy atom. The number of nitrogens with zero attached hydrogens (tertiary/aromatic N) is 2. The number of aryl methyl sites for hydroxylation is 1. The number of aliphatic carboxylic acids is 1. The van der Waals surface area contributed by atoms with Gasteiger partial charge in [-0.25, -0.2) is 9.78 Å². The van der Waals surface area contributed by atoms with Crippen molar-refractivity contribution in [3.63, 3.8) is 0 Å². The molecule has 0 bridgehead atoms. The van der Waals surface area contributed by atoms with E-state index >= 15 is 0 Å². The number of fused-ring (bicyclic) bond motifs is 1. The molecule has 42 heavy (non-hydrogen) atoms. The summed E-state index contributed by atoms with van der Waals surface area (Å²) in [7, 11) is 4.66. The summed E-state index contributed by atoms with van der Waals surface area (Å²) in [5.41, 5.74) is 3.53. The van der Waals surface area contributed by atoms with Crippen molar-refractivity contribution in [1.82, 2.24) is 9.97 Å². The number of rotatable bonds is 13. The Morgan fingerprint density at radius 2 is 1.67 bits per heavy atom. The minimum Gasteiger partial charge on any atom is -0.493 e. The summed E-state index contributed by atoms with van der Waals surface area (Å²) in [6.45, 7) is 2.23. The lowest BCUT2D eigenvalue weighted by atomic mass is 10.1. The monoisotopic (exact) mass is 573 g/mol. The molecule has 0 aliphatic carbocycles. The Hall–Kier alpha value is -5.19. The molecule has 2 N–H and O–H groups in total. The van der Waals surface area contributed by atoms with E-state index < -0.39 is 12.0 Å². The van der Waals surface area contributed by atoms with Gasteiger partial charge in [0.25, 0.3) is 6.01 Å². The summed E-state index contributed by atoms with van der Waals surface area (Å²) in [4.78, 5) is 20.9. The number of ether oxygens (including phenoxy) is 4. The first-order valence-electron chi connectivity index (χ1n) is 13.2. The molecule has 0 aliphatic heterocycles. The van der Waals surface area contributed by atoms with Gasteiger partial charge in [0.05, 0.1) is 33.6 Å². The van der Waals surface area contributed by atoms with Crippen LogP contribution < -0.4 is 24.3 Å². The molecule has 11 nitrogen and oxygen atoms in total. The molecule has 0 saturated carbocycles. The number of hydrogen-bond donors (Lipinski definition) is 2. The fourth-order valence-corrected chi connectivity index (χ4v) is 4.49. The van der Waals surface area contributed by atoms with Crippen LogP contribution in [0.1, 0.15) is 17.0 Å².